The van der Waals surface area contributed by atoms with E-state index in [4.69, 9.17) is 4.74 Å². The van der Waals surface area contributed by atoms with Crippen molar-refractivity contribution >= 4 is 29.9 Å². The zero-order chi connectivity index (χ0) is 20.6. The van der Waals surface area contributed by atoms with Gasteiger partial charge in [0.2, 0.25) is 0 Å². The standard InChI is InChI=1S/C22H26FN5O.HI/c1-16-25-12-13-28(16)21-9-6-18(14-20(21)23)15-27-22(24-2)26-11-10-17-4-7-19(29-3)8-5-17;/h4-9,12-14H,10-11,15H2,1-3H3,(H2,24,26,27);1H. The van der Waals surface area contributed by atoms with Gasteiger partial charge in [0.1, 0.15) is 17.4 Å². The lowest BCUT2D eigenvalue weighted by Gasteiger charge is -2.13. The van der Waals surface area contributed by atoms with E-state index in [1.165, 1.54) is 11.6 Å². The molecule has 6 nitrogen and oxygen atoms in total. The van der Waals surface area contributed by atoms with Crippen molar-refractivity contribution in [2.45, 2.75) is 19.9 Å². The summed E-state index contributed by atoms with van der Waals surface area (Å²) in [7, 11) is 3.37. The monoisotopic (exact) mass is 523 g/mol. The number of aryl methyl sites for hydroxylation is 1. The topological polar surface area (TPSA) is 63.5 Å². The van der Waals surface area contributed by atoms with Crippen LogP contribution in [0.15, 0.2) is 59.9 Å². The molecule has 2 aromatic carbocycles. The minimum atomic E-state index is -0.284. The highest BCUT2D eigenvalue weighted by Gasteiger charge is 2.08. The maximum atomic E-state index is 14.5. The summed E-state index contributed by atoms with van der Waals surface area (Å²) in [5.41, 5.74) is 2.54. The quantitative estimate of drug-likeness (QED) is 0.281. The number of hydrogen-bond acceptors (Lipinski definition) is 3. The molecule has 0 spiro atoms. The van der Waals surface area contributed by atoms with Gasteiger partial charge in [-0.05, 0) is 48.7 Å². The van der Waals surface area contributed by atoms with Crippen LogP contribution in [0.3, 0.4) is 0 Å². The molecule has 0 bridgehead atoms. The summed E-state index contributed by atoms with van der Waals surface area (Å²) < 4.78 is 21.4. The Morgan fingerprint density at radius 3 is 2.47 bits per heavy atom. The van der Waals surface area contributed by atoms with E-state index in [1.54, 1.807) is 37.2 Å². The molecule has 1 aromatic heterocycles. The Kier molecular flexibility index (Phi) is 9.10. The molecule has 0 aliphatic carbocycles. The zero-order valence-electron chi connectivity index (χ0n) is 17.4. The lowest BCUT2D eigenvalue weighted by Crippen LogP contribution is -2.37. The van der Waals surface area contributed by atoms with Crippen molar-refractivity contribution in [2.75, 3.05) is 20.7 Å². The summed E-state index contributed by atoms with van der Waals surface area (Å²) in [5, 5.41) is 6.49. The number of hydrogen-bond donors (Lipinski definition) is 2. The van der Waals surface area contributed by atoms with Crippen molar-refractivity contribution in [3.63, 3.8) is 0 Å². The van der Waals surface area contributed by atoms with Gasteiger partial charge in [-0.1, -0.05) is 18.2 Å². The minimum absolute atomic E-state index is 0. The van der Waals surface area contributed by atoms with Gasteiger partial charge >= 0.3 is 0 Å². The molecule has 1 heterocycles. The maximum Gasteiger partial charge on any atom is 0.191 e. The molecule has 0 saturated carbocycles. The Hall–Kier alpha value is -2.62. The van der Waals surface area contributed by atoms with E-state index in [0.29, 0.717) is 18.2 Å². The third-order valence-corrected chi connectivity index (χ3v) is 4.65. The minimum Gasteiger partial charge on any atom is -0.497 e. The van der Waals surface area contributed by atoms with E-state index in [1.807, 2.05) is 37.3 Å². The van der Waals surface area contributed by atoms with Crippen LogP contribution in [0, 0.1) is 12.7 Å². The fraction of sp³-hybridized carbons (Fsp3) is 0.273. The van der Waals surface area contributed by atoms with Crippen molar-refractivity contribution < 1.29 is 9.13 Å². The summed E-state index contributed by atoms with van der Waals surface area (Å²) in [6.07, 6.45) is 4.27. The first kappa shape index (κ1) is 23.7. The molecule has 3 aromatic rings. The highest BCUT2D eigenvalue weighted by atomic mass is 127. The van der Waals surface area contributed by atoms with Crippen molar-refractivity contribution in [3.05, 3.63) is 77.6 Å². The van der Waals surface area contributed by atoms with Crippen LogP contribution in [-0.2, 0) is 13.0 Å². The van der Waals surface area contributed by atoms with Gasteiger partial charge in [-0.2, -0.15) is 0 Å². The molecular weight excluding hydrogens is 496 g/mol. The van der Waals surface area contributed by atoms with Gasteiger partial charge in [0.15, 0.2) is 5.96 Å². The number of benzene rings is 2. The lowest BCUT2D eigenvalue weighted by molar-refractivity contribution is 0.414. The van der Waals surface area contributed by atoms with E-state index in [2.05, 4.69) is 20.6 Å². The molecule has 0 radical (unpaired) electrons. The molecule has 0 atom stereocenters. The molecule has 0 saturated heterocycles. The molecule has 0 amide bonds. The van der Waals surface area contributed by atoms with Crippen molar-refractivity contribution in [1.29, 1.82) is 0 Å². The highest BCUT2D eigenvalue weighted by Crippen LogP contribution is 2.16. The van der Waals surface area contributed by atoms with Gasteiger partial charge < -0.3 is 19.9 Å². The van der Waals surface area contributed by atoms with Crippen LogP contribution in [0.2, 0.25) is 0 Å². The second-order valence-corrected chi connectivity index (χ2v) is 6.58. The fourth-order valence-electron chi connectivity index (χ4n) is 3.01. The first-order valence-electron chi connectivity index (χ1n) is 9.47. The van der Waals surface area contributed by atoms with E-state index >= 15 is 0 Å². The smallest absolute Gasteiger partial charge is 0.191 e. The molecule has 0 fully saturated rings. The maximum absolute atomic E-state index is 14.5. The van der Waals surface area contributed by atoms with E-state index in [9.17, 15) is 4.39 Å². The number of ether oxygens (including phenoxy) is 1. The number of halogens is 2. The zero-order valence-corrected chi connectivity index (χ0v) is 19.7. The van der Waals surface area contributed by atoms with Crippen LogP contribution >= 0.6 is 24.0 Å². The Morgan fingerprint density at radius 2 is 1.87 bits per heavy atom. The van der Waals surface area contributed by atoms with Crippen LogP contribution in [0.4, 0.5) is 4.39 Å². The van der Waals surface area contributed by atoms with Gasteiger partial charge in [-0.15, -0.1) is 24.0 Å². The number of aromatic nitrogens is 2. The fourth-order valence-corrected chi connectivity index (χ4v) is 3.01. The summed E-state index contributed by atoms with van der Waals surface area (Å²) in [5.74, 6) is 1.98. The van der Waals surface area contributed by atoms with Crippen LogP contribution in [0.1, 0.15) is 17.0 Å². The highest BCUT2D eigenvalue weighted by molar-refractivity contribution is 14.0. The summed E-state index contributed by atoms with van der Waals surface area (Å²) in [6.45, 7) is 3.05. The molecule has 30 heavy (non-hydrogen) atoms. The number of rotatable bonds is 7. The van der Waals surface area contributed by atoms with E-state index in [0.717, 1.165) is 30.1 Å². The third-order valence-electron chi connectivity index (χ3n) is 4.65. The molecule has 2 N–H and O–H groups in total. The van der Waals surface area contributed by atoms with Crippen LogP contribution < -0.4 is 15.4 Å². The second-order valence-electron chi connectivity index (χ2n) is 6.58. The van der Waals surface area contributed by atoms with Gasteiger partial charge in [-0.25, -0.2) is 9.37 Å². The van der Waals surface area contributed by atoms with Crippen LogP contribution in [-0.4, -0.2) is 36.2 Å². The molecule has 0 unspecified atom stereocenters. The Bertz CT molecular complexity index is 972. The number of methoxy groups -OCH3 is 1. The Balaban J connectivity index is 0.00000320. The van der Waals surface area contributed by atoms with Gasteiger partial charge in [-0.3, -0.25) is 4.99 Å². The number of imidazole rings is 1. The second kappa shape index (κ2) is 11.5. The first-order chi connectivity index (χ1) is 14.1. The average molecular weight is 523 g/mol. The van der Waals surface area contributed by atoms with Crippen LogP contribution in [0.5, 0.6) is 5.75 Å². The summed E-state index contributed by atoms with van der Waals surface area (Å²) in [4.78, 5) is 8.36. The number of guanidine groups is 1. The summed E-state index contributed by atoms with van der Waals surface area (Å²) in [6, 6.07) is 13.2. The van der Waals surface area contributed by atoms with Gasteiger partial charge in [0, 0.05) is 32.5 Å². The normalized spacial score (nSPS) is 11.0. The molecule has 8 heteroatoms. The summed E-state index contributed by atoms with van der Waals surface area (Å²) >= 11 is 0. The van der Waals surface area contributed by atoms with Gasteiger partial charge in [0.25, 0.3) is 0 Å². The molecule has 160 valence electrons. The van der Waals surface area contributed by atoms with E-state index in [-0.39, 0.29) is 29.8 Å². The lowest BCUT2D eigenvalue weighted by atomic mass is 10.1. The van der Waals surface area contributed by atoms with Crippen molar-refractivity contribution in [3.8, 4) is 11.4 Å². The third kappa shape index (κ3) is 6.19. The first-order valence-corrected chi connectivity index (χ1v) is 9.47. The van der Waals surface area contributed by atoms with Gasteiger partial charge in [0.05, 0.1) is 12.8 Å². The van der Waals surface area contributed by atoms with Crippen molar-refractivity contribution in [1.82, 2.24) is 20.2 Å². The van der Waals surface area contributed by atoms with Crippen LogP contribution in [0.25, 0.3) is 5.69 Å². The SMILES string of the molecule is CN=C(NCCc1ccc(OC)cc1)NCc1ccc(-n2ccnc2C)c(F)c1.I. The predicted octanol–water partition coefficient (Wildman–Crippen LogP) is 3.85. The Labute approximate surface area is 193 Å². The predicted molar refractivity (Wildman–Crippen MR) is 129 cm³/mol. The number of nitrogens with zero attached hydrogens (tertiary/aromatic N) is 3. The molecule has 0 aliphatic heterocycles. The molecular formula is C22H27FIN5O. The molecule has 3 rings (SSSR count). The Morgan fingerprint density at radius 1 is 1.13 bits per heavy atom. The van der Waals surface area contributed by atoms with E-state index < -0.39 is 0 Å². The largest absolute Gasteiger partial charge is 0.497 e. The number of aliphatic imine (C=N–C) groups is 1. The van der Waals surface area contributed by atoms with Crippen molar-refractivity contribution in [2.24, 2.45) is 4.99 Å². The average Bonchev–Trinajstić information content (AvgIpc) is 3.16. The number of nitrogens with one attached hydrogen (secondary N) is 2. The molecule has 0 aliphatic rings.